The van der Waals surface area contributed by atoms with Crippen molar-refractivity contribution in [3.8, 4) is 0 Å². The highest BCUT2D eigenvalue weighted by Crippen LogP contribution is 2.56. The Hall–Kier alpha value is -4.72. The molecule has 3 atom stereocenters. The standard InChI is InChI=1S/C38H46F3N9O2/c1-7-34(51)43-28-13-26(33-21-50(23(2)3)46-44-33)18-48(19-28)17-25-11-30-31(32(12-25)38(39,40)41)20-49(35(30)52)29-10-8-9-27(14-29)37(15-24(4)16-37)36(5)45-42-22-47(36)6/h7-12,14,21-24,26,28,45H,1,13,15-20H2,2-6H3,(H,43,51)/t24?,26-,28+,36?,37?/m1/s1. The molecule has 1 saturated heterocycles. The van der Waals surface area contributed by atoms with E-state index in [-0.39, 0.29) is 53.5 Å². The van der Waals surface area contributed by atoms with Crippen molar-refractivity contribution in [2.75, 3.05) is 25.0 Å². The average Bonchev–Trinajstić information content (AvgIpc) is 3.80. The van der Waals surface area contributed by atoms with Crippen LogP contribution in [0.4, 0.5) is 18.9 Å². The molecule has 1 aromatic heterocycles. The number of carbonyl (C=O) groups is 2. The lowest BCUT2D eigenvalue weighted by Crippen LogP contribution is -2.67. The first-order valence-corrected chi connectivity index (χ1v) is 17.9. The van der Waals surface area contributed by atoms with E-state index in [1.165, 1.54) is 17.0 Å². The first kappa shape index (κ1) is 35.7. The van der Waals surface area contributed by atoms with Crippen LogP contribution < -0.4 is 15.6 Å². The number of hydrogen-bond donors (Lipinski definition) is 2. The Balaban J connectivity index is 1.18. The summed E-state index contributed by atoms with van der Waals surface area (Å²) < 4.78 is 46.1. The predicted octanol–water partition coefficient (Wildman–Crippen LogP) is 5.56. The average molecular weight is 718 g/mol. The fraction of sp³-hybridized carbons (Fsp3) is 0.500. The number of benzene rings is 2. The molecular weight excluding hydrogens is 671 g/mol. The number of likely N-dealkylation sites (N-methyl/N-ethyl adjacent to an activating group) is 1. The summed E-state index contributed by atoms with van der Waals surface area (Å²) >= 11 is 0. The van der Waals surface area contributed by atoms with Gasteiger partial charge in [0.1, 0.15) is 12.0 Å². The quantitative estimate of drug-likeness (QED) is 0.279. The summed E-state index contributed by atoms with van der Waals surface area (Å²) in [6, 6.07) is 10.3. The summed E-state index contributed by atoms with van der Waals surface area (Å²) in [6.45, 7) is 12.8. The molecule has 0 spiro atoms. The molecule has 1 aliphatic carbocycles. The Kier molecular flexibility index (Phi) is 8.95. The molecule has 4 heterocycles. The Labute approximate surface area is 301 Å². The van der Waals surface area contributed by atoms with Gasteiger partial charge in [-0.2, -0.15) is 18.3 Å². The molecule has 2 N–H and O–H groups in total. The first-order valence-electron chi connectivity index (χ1n) is 17.9. The molecule has 2 aromatic carbocycles. The van der Waals surface area contributed by atoms with Crippen LogP contribution in [0.25, 0.3) is 0 Å². The van der Waals surface area contributed by atoms with E-state index in [0.29, 0.717) is 36.7 Å². The molecule has 1 unspecified atom stereocenters. The molecule has 14 heteroatoms. The van der Waals surface area contributed by atoms with Gasteiger partial charge >= 0.3 is 6.18 Å². The van der Waals surface area contributed by atoms with Gasteiger partial charge in [0.2, 0.25) is 5.91 Å². The zero-order chi connectivity index (χ0) is 37.2. The van der Waals surface area contributed by atoms with Gasteiger partial charge in [0.05, 0.1) is 17.8 Å². The lowest BCUT2D eigenvalue weighted by molar-refractivity contribution is -0.138. The summed E-state index contributed by atoms with van der Waals surface area (Å²) in [5, 5.41) is 15.9. The van der Waals surface area contributed by atoms with Gasteiger partial charge in [-0.05, 0) is 93.0 Å². The van der Waals surface area contributed by atoms with Gasteiger partial charge in [0.25, 0.3) is 5.91 Å². The molecule has 2 fully saturated rings. The highest BCUT2D eigenvalue weighted by molar-refractivity contribution is 6.10. The zero-order valence-corrected chi connectivity index (χ0v) is 30.2. The van der Waals surface area contributed by atoms with Crippen molar-refractivity contribution in [3.05, 3.63) is 88.8 Å². The highest BCUT2D eigenvalue weighted by atomic mass is 19.4. The van der Waals surface area contributed by atoms with Crippen LogP contribution in [-0.4, -0.2) is 74.8 Å². The minimum absolute atomic E-state index is 0.0193. The summed E-state index contributed by atoms with van der Waals surface area (Å²) in [4.78, 5) is 32.0. The summed E-state index contributed by atoms with van der Waals surface area (Å²) in [5.74, 6) is -0.416. The fourth-order valence-electron chi connectivity index (χ4n) is 8.80. The van der Waals surface area contributed by atoms with Gasteiger partial charge < -0.3 is 15.1 Å². The van der Waals surface area contributed by atoms with Gasteiger partial charge in [0, 0.05) is 67.5 Å². The van der Waals surface area contributed by atoms with E-state index < -0.39 is 23.3 Å². The molecule has 0 bridgehead atoms. The molecule has 3 aromatic rings. The van der Waals surface area contributed by atoms with Gasteiger partial charge in [-0.15, -0.1) is 5.10 Å². The molecule has 52 heavy (non-hydrogen) atoms. The highest BCUT2D eigenvalue weighted by Gasteiger charge is 2.59. The van der Waals surface area contributed by atoms with Crippen LogP contribution in [0.5, 0.6) is 0 Å². The number of nitrogens with zero attached hydrogens (tertiary/aromatic N) is 7. The monoisotopic (exact) mass is 717 g/mol. The molecular formula is C38H46F3N9O2. The number of likely N-dealkylation sites (tertiary alicyclic amines) is 1. The van der Waals surface area contributed by atoms with Crippen molar-refractivity contribution < 1.29 is 22.8 Å². The van der Waals surface area contributed by atoms with E-state index in [2.05, 4.69) is 51.5 Å². The number of halogens is 3. The zero-order valence-electron chi connectivity index (χ0n) is 30.2. The van der Waals surface area contributed by atoms with E-state index in [0.717, 1.165) is 24.1 Å². The molecule has 7 rings (SSSR count). The number of hydrogen-bond acceptors (Lipinski definition) is 8. The topological polar surface area (TPSA) is 111 Å². The van der Waals surface area contributed by atoms with Crippen LogP contribution in [0.15, 0.2) is 60.4 Å². The third-order valence-corrected chi connectivity index (χ3v) is 11.6. The summed E-state index contributed by atoms with van der Waals surface area (Å²) in [6.07, 6.45) is 2.58. The van der Waals surface area contributed by atoms with Gasteiger partial charge in [0.15, 0.2) is 0 Å². The van der Waals surface area contributed by atoms with Crippen LogP contribution in [0, 0.1) is 5.92 Å². The Bertz CT molecular complexity index is 1920. The third-order valence-electron chi connectivity index (χ3n) is 11.6. The number of hydrazone groups is 1. The lowest BCUT2D eigenvalue weighted by atomic mass is 9.53. The Morgan fingerprint density at radius 1 is 1.19 bits per heavy atom. The number of aromatic nitrogens is 3. The normalized spacial score (nSPS) is 27.5. The van der Waals surface area contributed by atoms with Crippen molar-refractivity contribution in [1.29, 1.82) is 0 Å². The number of fused-ring (bicyclic) bond motifs is 1. The van der Waals surface area contributed by atoms with Crippen LogP contribution in [-0.2, 0) is 29.5 Å². The number of carbonyl (C=O) groups excluding carboxylic acids is 2. The molecule has 0 radical (unpaired) electrons. The Morgan fingerprint density at radius 3 is 2.60 bits per heavy atom. The molecule has 2 amide bonds. The fourth-order valence-corrected chi connectivity index (χ4v) is 8.80. The van der Waals surface area contributed by atoms with E-state index in [9.17, 15) is 22.8 Å². The smallest absolute Gasteiger partial charge is 0.349 e. The van der Waals surface area contributed by atoms with Crippen LogP contribution in [0.1, 0.15) is 97.2 Å². The predicted molar refractivity (Wildman–Crippen MR) is 191 cm³/mol. The number of piperidine rings is 1. The SMILES string of the molecule is C=CC(=O)N[C@H]1C[C@@H](c2cn(C(C)C)nn2)CN(Cc2cc3c(c(C(F)(F)F)c2)CN(c2cccc(C4(C5(C)NN=CN5C)CC(C)C4)c2)C3=O)C1. The largest absolute Gasteiger partial charge is 0.416 e. The number of nitrogens with one attached hydrogen (secondary N) is 2. The molecule has 3 aliphatic heterocycles. The maximum absolute atomic E-state index is 14.8. The van der Waals surface area contributed by atoms with Gasteiger partial charge in [-0.25, -0.2) is 4.68 Å². The minimum atomic E-state index is -4.67. The maximum atomic E-state index is 14.8. The van der Waals surface area contributed by atoms with Gasteiger partial charge in [-0.1, -0.05) is 30.8 Å². The minimum Gasteiger partial charge on any atom is -0.349 e. The van der Waals surface area contributed by atoms with Crippen molar-refractivity contribution in [2.24, 2.45) is 11.0 Å². The second kappa shape index (κ2) is 13.0. The summed E-state index contributed by atoms with van der Waals surface area (Å²) in [7, 11) is 1.98. The van der Waals surface area contributed by atoms with E-state index in [4.69, 9.17) is 0 Å². The Morgan fingerprint density at radius 2 is 1.96 bits per heavy atom. The third kappa shape index (κ3) is 6.14. The van der Waals surface area contributed by atoms with Crippen molar-refractivity contribution in [1.82, 2.24) is 35.5 Å². The van der Waals surface area contributed by atoms with Crippen molar-refractivity contribution in [3.63, 3.8) is 0 Å². The molecule has 11 nitrogen and oxygen atoms in total. The summed E-state index contributed by atoms with van der Waals surface area (Å²) in [5.41, 5.74) is 4.44. The number of anilines is 1. The van der Waals surface area contributed by atoms with Crippen molar-refractivity contribution >= 4 is 23.8 Å². The van der Waals surface area contributed by atoms with E-state index in [1.54, 1.807) is 23.2 Å². The van der Waals surface area contributed by atoms with Crippen LogP contribution in [0.2, 0.25) is 0 Å². The number of alkyl halides is 3. The second-order valence-electron chi connectivity index (χ2n) is 15.5. The van der Waals surface area contributed by atoms with Crippen LogP contribution in [0.3, 0.4) is 0 Å². The molecule has 4 aliphatic rings. The van der Waals surface area contributed by atoms with Gasteiger partial charge in [-0.3, -0.25) is 19.9 Å². The van der Waals surface area contributed by atoms with E-state index >= 15 is 0 Å². The second-order valence-corrected chi connectivity index (χ2v) is 15.5. The van der Waals surface area contributed by atoms with Crippen molar-refractivity contribution in [2.45, 2.75) is 95.3 Å². The van der Waals surface area contributed by atoms with Crippen LogP contribution >= 0.6 is 0 Å². The first-order chi connectivity index (χ1) is 24.6. The lowest BCUT2D eigenvalue weighted by Gasteiger charge is -2.58. The molecule has 276 valence electrons. The number of rotatable bonds is 9. The van der Waals surface area contributed by atoms with E-state index in [1.807, 2.05) is 50.2 Å². The maximum Gasteiger partial charge on any atom is 0.416 e. The molecule has 1 saturated carbocycles. The number of amides is 2.